The topological polar surface area (TPSA) is 130 Å². The molecule has 2 N–H and O–H groups in total. The summed E-state index contributed by atoms with van der Waals surface area (Å²) in [5.74, 6) is 1.07. The number of anilines is 1. The molecular weight excluding hydrogens is 626 g/mol. The van der Waals surface area contributed by atoms with Crippen molar-refractivity contribution in [3.05, 3.63) is 154 Å². The third-order valence-electron chi connectivity index (χ3n) is 9.09. The molecule has 11 heteroatoms. The second kappa shape index (κ2) is 13.3. The Morgan fingerprint density at radius 2 is 1.45 bits per heavy atom. The zero-order valence-corrected chi connectivity index (χ0v) is 26.9. The van der Waals surface area contributed by atoms with Crippen LogP contribution in [0.15, 0.2) is 126 Å². The Morgan fingerprint density at radius 1 is 0.878 bits per heavy atom. The van der Waals surface area contributed by atoms with Gasteiger partial charge in [0.25, 0.3) is 5.91 Å². The molecule has 2 aliphatic rings. The van der Waals surface area contributed by atoms with Gasteiger partial charge < -0.3 is 34.1 Å². The van der Waals surface area contributed by atoms with E-state index in [0.29, 0.717) is 17.1 Å². The molecule has 4 aromatic carbocycles. The van der Waals surface area contributed by atoms with E-state index in [1.165, 1.54) is 16.8 Å². The van der Waals surface area contributed by atoms with Gasteiger partial charge in [-0.05, 0) is 59.2 Å². The van der Waals surface area contributed by atoms with Crippen molar-refractivity contribution < 1.29 is 33.6 Å². The third kappa shape index (κ3) is 5.87. The molecule has 7 rings (SSSR count). The summed E-state index contributed by atoms with van der Waals surface area (Å²) in [4.78, 5) is 29.9. The molecule has 2 bridgehead atoms. The highest BCUT2D eigenvalue weighted by Gasteiger charge is 2.63. The van der Waals surface area contributed by atoms with Crippen LogP contribution in [0.3, 0.4) is 0 Å². The number of hydrogen-bond donors (Lipinski definition) is 2. The van der Waals surface area contributed by atoms with Crippen LogP contribution in [0.5, 0.6) is 11.5 Å². The molecule has 2 saturated heterocycles. The number of carbonyl (C=O) groups excluding carboxylic acids is 1. The zero-order valence-electron chi connectivity index (χ0n) is 26.9. The highest BCUT2D eigenvalue weighted by atomic mass is 16.7. The molecule has 0 aliphatic carbocycles. The first-order chi connectivity index (χ1) is 23.9. The zero-order chi connectivity index (χ0) is 34.0. The van der Waals surface area contributed by atoms with Crippen molar-refractivity contribution in [2.45, 2.75) is 29.6 Å². The van der Waals surface area contributed by atoms with E-state index in [0.717, 1.165) is 16.7 Å². The van der Waals surface area contributed by atoms with Crippen LogP contribution < -0.4 is 20.5 Å². The minimum Gasteiger partial charge on any atom is -0.497 e. The average Bonchev–Trinajstić information content (AvgIpc) is 3.61. The van der Waals surface area contributed by atoms with Crippen LogP contribution in [0.2, 0.25) is 0 Å². The van der Waals surface area contributed by atoms with E-state index in [-0.39, 0.29) is 19.0 Å². The van der Waals surface area contributed by atoms with E-state index in [2.05, 4.69) is 10.3 Å². The fourth-order valence-corrected chi connectivity index (χ4v) is 6.50. The maximum absolute atomic E-state index is 13.2. The Hall–Kier alpha value is -5.33. The number of methoxy groups -OCH3 is 2. The van der Waals surface area contributed by atoms with E-state index < -0.39 is 41.2 Å². The summed E-state index contributed by atoms with van der Waals surface area (Å²) in [5, 5.41) is 14.2. The van der Waals surface area contributed by atoms with E-state index in [1.54, 1.807) is 44.6 Å². The maximum Gasteiger partial charge on any atom is 0.351 e. The molecule has 2 aliphatic heterocycles. The van der Waals surface area contributed by atoms with E-state index in [1.807, 2.05) is 78.9 Å². The predicted octanol–water partition coefficient (Wildman–Crippen LogP) is 4.55. The lowest BCUT2D eigenvalue weighted by Gasteiger charge is -2.39. The molecule has 1 amide bonds. The van der Waals surface area contributed by atoms with Gasteiger partial charge in [-0.3, -0.25) is 9.36 Å². The second-order valence-corrected chi connectivity index (χ2v) is 11.9. The van der Waals surface area contributed by atoms with Crippen molar-refractivity contribution in [2.75, 3.05) is 32.8 Å². The van der Waals surface area contributed by atoms with Crippen LogP contribution in [0.4, 0.5) is 5.82 Å². The van der Waals surface area contributed by atoms with Crippen molar-refractivity contribution >= 4 is 11.7 Å². The molecule has 0 radical (unpaired) electrons. The maximum atomic E-state index is 13.2. The first kappa shape index (κ1) is 32.2. The first-order valence-corrected chi connectivity index (χ1v) is 15.8. The number of aromatic nitrogens is 2. The minimum absolute atomic E-state index is 0.0405. The molecule has 0 spiro atoms. The van der Waals surface area contributed by atoms with Gasteiger partial charge in [0.1, 0.15) is 40.7 Å². The average molecular weight is 662 g/mol. The number of benzene rings is 4. The fourth-order valence-electron chi connectivity index (χ4n) is 6.50. The Bertz CT molecular complexity index is 1920. The van der Waals surface area contributed by atoms with Crippen LogP contribution in [0.1, 0.15) is 33.3 Å². The van der Waals surface area contributed by atoms with Gasteiger partial charge in [-0.15, -0.1) is 0 Å². The van der Waals surface area contributed by atoms with Gasteiger partial charge in [0.15, 0.2) is 6.23 Å². The summed E-state index contributed by atoms with van der Waals surface area (Å²) in [6.45, 7) is -0.0552. The van der Waals surface area contributed by atoms with Gasteiger partial charge >= 0.3 is 5.69 Å². The van der Waals surface area contributed by atoms with E-state index in [9.17, 15) is 14.7 Å². The molecule has 0 saturated carbocycles. The molecule has 1 aromatic heterocycles. The van der Waals surface area contributed by atoms with Crippen LogP contribution in [0, 0.1) is 0 Å². The number of nitrogens with zero attached hydrogens (tertiary/aromatic N) is 2. The Labute approximate surface area is 282 Å². The monoisotopic (exact) mass is 661 g/mol. The Morgan fingerprint density at radius 3 is 2.02 bits per heavy atom. The normalized spacial score (nSPS) is 21.3. The summed E-state index contributed by atoms with van der Waals surface area (Å²) >= 11 is 0. The lowest BCUT2D eigenvalue weighted by Crippen LogP contribution is -2.48. The molecule has 49 heavy (non-hydrogen) atoms. The number of fused-ring (bicyclic) bond motifs is 2. The highest BCUT2D eigenvalue weighted by molar-refractivity contribution is 6.03. The number of carbonyl (C=O) groups is 1. The van der Waals surface area contributed by atoms with Gasteiger partial charge in [0.05, 0.1) is 27.4 Å². The van der Waals surface area contributed by atoms with Gasteiger partial charge in [-0.2, -0.15) is 4.98 Å². The number of aliphatic hydroxyl groups is 1. The SMILES string of the molecule is COc1ccc(C(OC[C@]23CO[C@@H]([C@H](n4ccc(NC(=O)c5ccccc5)nc4=O)O2)[C@@H]3O)(c2ccccc2)c2ccc(OC)cc2)cc1. The van der Waals surface area contributed by atoms with Gasteiger partial charge in [0, 0.05) is 11.8 Å². The molecule has 250 valence electrons. The molecule has 11 nitrogen and oxygen atoms in total. The summed E-state index contributed by atoms with van der Waals surface area (Å²) in [7, 11) is 3.22. The van der Waals surface area contributed by atoms with Crippen molar-refractivity contribution in [1.29, 1.82) is 0 Å². The van der Waals surface area contributed by atoms with Crippen molar-refractivity contribution in [3.63, 3.8) is 0 Å². The van der Waals surface area contributed by atoms with Gasteiger partial charge in [-0.25, -0.2) is 4.79 Å². The van der Waals surface area contributed by atoms with Crippen molar-refractivity contribution in [2.24, 2.45) is 0 Å². The largest absolute Gasteiger partial charge is 0.497 e. The summed E-state index contributed by atoms with van der Waals surface area (Å²) in [6.07, 6.45) is -1.50. The predicted molar refractivity (Wildman–Crippen MR) is 180 cm³/mol. The Balaban J connectivity index is 1.20. The molecule has 2 fully saturated rings. The molecular formula is C38H35N3O8. The number of aliphatic hydroxyl groups excluding tert-OH is 1. The quantitative estimate of drug-likeness (QED) is 0.196. The fraction of sp³-hybridized carbons (Fsp3) is 0.237. The lowest BCUT2D eigenvalue weighted by atomic mass is 9.79. The van der Waals surface area contributed by atoms with Gasteiger partial charge in [-0.1, -0.05) is 72.8 Å². The van der Waals surface area contributed by atoms with Crippen molar-refractivity contribution in [1.82, 2.24) is 9.55 Å². The standard InChI is InChI=1S/C38H35N3O8/c1-45-29-17-13-27(14-18-29)38(26-11-7-4-8-12-26,28-15-19-30(46-2)20-16-28)48-24-37-23-47-32(33(37)42)35(49-37)41-22-21-31(40-36(41)44)39-34(43)25-9-5-3-6-10-25/h3-22,32-33,35,42H,23-24H2,1-2H3,(H,39,40,43,44)/t32-,33+,35-,37+/m1/s1. The number of ether oxygens (including phenoxy) is 5. The number of amides is 1. The smallest absolute Gasteiger partial charge is 0.351 e. The molecule has 0 unspecified atom stereocenters. The van der Waals surface area contributed by atoms with E-state index in [4.69, 9.17) is 23.7 Å². The number of nitrogens with one attached hydrogen (secondary N) is 1. The molecule has 5 aromatic rings. The summed E-state index contributed by atoms with van der Waals surface area (Å²) < 4.78 is 31.7. The minimum atomic E-state index is -1.31. The summed E-state index contributed by atoms with van der Waals surface area (Å²) in [6, 6.07) is 35.2. The summed E-state index contributed by atoms with van der Waals surface area (Å²) in [5.41, 5.74) is -0.249. The Kier molecular flexibility index (Phi) is 8.74. The van der Waals surface area contributed by atoms with E-state index >= 15 is 0 Å². The number of rotatable bonds is 11. The molecule has 4 atom stereocenters. The van der Waals surface area contributed by atoms with Gasteiger partial charge in [0.2, 0.25) is 0 Å². The third-order valence-corrected chi connectivity index (χ3v) is 9.09. The van der Waals surface area contributed by atoms with Crippen LogP contribution in [-0.2, 0) is 19.8 Å². The van der Waals surface area contributed by atoms with Crippen LogP contribution >= 0.6 is 0 Å². The van der Waals surface area contributed by atoms with Crippen molar-refractivity contribution in [3.8, 4) is 11.5 Å². The lowest BCUT2D eigenvalue weighted by molar-refractivity contribution is -0.204. The first-order valence-electron chi connectivity index (χ1n) is 15.8. The van der Waals surface area contributed by atoms with Crippen LogP contribution in [-0.4, -0.2) is 65.8 Å². The highest BCUT2D eigenvalue weighted by Crippen LogP contribution is 2.48. The second-order valence-electron chi connectivity index (χ2n) is 11.9. The number of hydrogen-bond acceptors (Lipinski definition) is 9. The van der Waals surface area contributed by atoms with Crippen LogP contribution in [0.25, 0.3) is 0 Å². The molecule has 3 heterocycles.